The molecule has 0 aromatic heterocycles. The van der Waals surface area contributed by atoms with Crippen LogP contribution in [0.25, 0.3) is 0 Å². The topological polar surface area (TPSA) is 57.7 Å². The lowest BCUT2D eigenvalue weighted by molar-refractivity contribution is 0.0355. The quantitative estimate of drug-likeness (QED) is 0.259. The summed E-state index contributed by atoms with van der Waals surface area (Å²) in [6.07, 6.45) is 2.15. The molecule has 0 amide bonds. The maximum Gasteiger partial charge on any atom is 0.191 e. The first-order chi connectivity index (χ1) is 15.0. The van der Waals surface area contributed by atoms with Crippen LogP contribution in [0.15, 0.2) is 53.5 Å². The fraction of sp³-hybridized carbons (Fsp3) is 0.458. The summed E-state index contributed by atoms with van der Waals surface area (Å²) in [5.74, 6) is -0.192. The third kappa shape index (κ3) is 7.67. The largest absolute Gasteiger partial charge is 0.381 e. The molecule has 1 heterocycles. The Bertz CT molecular complexity index is 860. The molecule has 2 aromatic carbocycles. The van der Waals surface area contributed by atoms with Gasteiger partial charge in [0.2, 0.25) is 0 Å². The number of hydrogen-bond acceptors (Lipinski definition) is 3. The normalized spacial score (nSPS) is 16.7. The number of rotatable bonds is 8. The molecule has 0 spiro atoms. The molecule has 176 valence electrons. The van der Waals surface area contributed by atoms with Gasteiger partial charge in [-0.15, -0.1) is 24.0 Å². The maximum atomic E-state index is 13.8. The Kier molecular flexibility index (Phi) is 10.8. The zero-order valence-corrected chi connectivity index (χ0v) is 21.0. The van der Waals surface area contributed by atoms with Crippen molar-refractivity contribution in [2.75, 3.05) is 33.4 Å². The molecule has 0 bridgehead atoms. The van der Waals surface area contributed by atoms with Crippen molar-refractivity contribution in [1.29, 1.82) is 0 Å². The smallest absolute Gasteiger partial charge is 0.191 e. The second-order valence-electron chi connectivity index (χ2n) is 8.01. The van der Waals surface area contributed by atoms with Gasteiger partial charge < -0.3 is 20.7 Å². The van der Waals surface area contributed by atoms with E-state index in [9.17, 15) is 8.78 Å². The summed E-state index contributed by atoms with van der Waals surface area (Å²) in [6, 6.07) is 14.1. The number of nitrogens with one attached hydrogen (secondary N) is 3. The van der Waals surface area contributed by atoms with Crippen LogP contribution in [0.4, 0.5) is 8.78 Å². The van der Waals surface area contributed by atoms with Gasteiger partial charge in [0.15, 0.2) is 5.96 Å². The van der Waals surface area contributed by atoms with E-state index in [2.05, 4.69) is 52.1 Å². The van der Waals surface area contributed by atoms with Gasteiger partial charge in [-0.05, 0) is 55.5 Å². The summed E-state index contributed by atoms with van der Waals surface area (Å²) in [4.78, 5) is 4.28. The summed E-state index contributed by atoms with van der Waals surface area (Å²) < 4.78 is 32.8. The van der Waals surface area contributed by atoms with Crippen LogP contribution in [-0.2, 0) is 11.2 Å². The van der Waals surface area contributed by atoms with E-state index in [1.165, 1.54) is 11.6 Å². The highest BCUT2D eigenvalue weighted by Gasteiger charge is 2.34. The van der Waals surface area contributed by atoms with Crippen LogP contribution in [0.2, 0.25) is 0 Å². The first-order valence-electron chi connectivity index (χ1n) is 10.8. The van der Waals surface area contributed by atoms with Gasteiger partial charge >= 0.3 is 0 Å². The SMILES string of the molecule is CN=C(NCCc1cc(F)ccc1F)NCC1(NC(C)c2ccccc2)CCOCC1.I. The Balaban J connectivity index is 0.00000363. The Labute approximate surface area is 206 Å². The molecule has 1 unspecified atom stereocenters. The molecule has 1 aliphatic rings. The lowest BCUT2D eigenvalue weighted by Crippen LogP contribution is -2.58. The highest BCUT2D eigenvalue weighted by Crippen LogP contribution is 2.25. The van der Waals surface area contributed by atoms with E-state index in [0.29, 0.717) is 44.2 Å². The summed E-state index contributed by atoms with van der Waals surface area (Å²) in [6.45, 7) is 4.72. The molecule has 0 aliphatic carbocycles. The molecule has 1 fully saturated rings. The maximum absolute atomic E-state index is 13.8. The van der Waals surface area contributed by atoms with Gasteiger partial charge in [-0.1, -0.05) is 30.3 Å². The average molecular weight is 558 g/mol. The fourth-order valence-corrected chi connectivity index (χ4v) is 3.94. The molecule has 0 saturated carbocycles. The van der Waals surface area contributed by atoms with Crippen LogP contribution in [0, 0.1) is 11.6 Å². The first-order valence-corrected chi connectivity index (χ1v) is 10.8. The number of guanidine groups is 1. The van der Waals surface area contributed by atoms with Crippen LogP contribution in [-0.4, -0.2) is 44.8 Å². The van der Waals surface area contributed by atoms with E-state index in [1.807, 2.05) is 6.07 Å². The van der Waals surface area contributed by atoms with Crippen molar-refractivity contribution in [2.45, 2.75) is 37.8 Å². The van der Waals surface area contributed by atoms with Crippen molar-refractivity contribution in [3.05, 3.63) is 71.3 Å². The molecule has 5 nitrogen and oxygen atoms in total. The molecule has 3 rings (SSSR count). The number of halogens is 3. The van der Waals surface area contributed by atoms with E-state index in [0.717, 1.165) is 25.0 Å². The minimum Gasteiger partial charge on any atom is -0.381 e. The third-order valence-electron chi connectivity index (χ3n) is 5.78. The molecule has 2 aromatic rings. The predicted molar refractivity (Wildman–Crippen MR) is 136 cm³/mol. The van der Waals surface area contributed by atoms with Crippen LogP contribution >= 0.6 is 24.0 Å². The third-order valence-corrected chi connectivity index (χ3v) is 5.78. The number of ether oxygens (including phenoxy) is 1. The molecule has 0 radical (unpaired) electrons. The van der Waals surface area contributed by atoms with Crippen molar-refractivity contribution >= 4 is 29.9 Å². The molecular weight excluding hydrogens is 525 g/mol. The monoisotopic (exact) mass is 558 g/mol. The van der Waals surface area contributed by atoms with Crippen LogP contribution in [0.1, 0.15) is 36.9 Å². The van der Waals surface area contributed by atoms with Gasteiger partial charge in [0.05, 0.1) is 0 Å². The molecule has 8 heteroatoms. The Hall–Kier alpha value is -1.78. The van der Waals surface area contributed by atoms with Gasteiger partial charge in [0.1, 0.15) is 11.6 Å². The summed E-state index contributed by atoms with van der Waals surface area (Å²) >= 11 is 0. The van der Waals surface area contributed by atoms with E-state index >= 15 is 0 Å². The minimum atomic E-state index is -0.432. The van der Waals surface area contributed by atoms with Gasteiger partial charge in [-0.25, -0.2) is 8.78 Å². The van der Waals surface area contributed by atoms with Crippen molar-refractivity contribution in [3.8, 4) is 0 Å². The minimum absolute atomic E-state index is 0. The van der Waals surface area contributed by atoms with Gasteiger partial charge in [-0.3, -0.25) is 4.99 Å². The molecule has 32 heavy (non-hydrogen) atoms. The Morgan fingerprint density at radius 3 is 2.50 bits per heavy atom. The van der Waals surface area contributed by atoms with Crippen molar-refractivity contribution in [3.63, 3.8) is 0 Å². The highest BCUT2D eigenvalue weighted by molar-refractivity contribution is 14.0. The van der Waals surface area contributed by atoms with Gasteiger partial charge in [0.25, 0.3) is 0 Å². The standard InChI is InChI=1S/C24H32F2N4O.HI/c1-18(19-6-4-3-5-7-19)30-24(11-14-31-15-12-24)17-29-23(27-2)28-13-10-20-16-21(25)8-9-22(20)26;/h3-9,16,18,30H,10-15,17H2,1-2H3,(H2,27,28,29);1H. The molecule has 1 atom stereocenters. The Morgan fingerprint density at radius 2 is 1.81 bits per heavy atom. The van der Waals surface area contributed by atoms with Gasteiger partial charge in [0, 0.05) is 44.9 Å². The summed E-state index contributed by atoms with van der Waals surface area (Å²) in [7, 11) is 1.70. The van der Waals surface area contributed by atoms with Crippen molar-refractivity contribution < 1.29 is 13.5 Å². The van der Waals surface area contributed by atoms with Crippen LogP contribution in [0.5, 0.6) is 0 Å². The van der Waals surface area contributed by atoms with Crippen molar-refractivity contribution in [2.24, 2.45) is 4.99 Å². The van der Waals surface area contributed by atoms with E-state index < -0.39 is 11.6 Å². The van der Waals surface area contributed by atoms with Crippen LogP contribution in [0.3, 0.4) is 0 Å². The van der Waals surface area contributed by atoms with Gasteiger partial charge in [-0.2, -0.15) is 0 Å². The average Bonchev–Trinajstić information content (AvgIpc) is 2.79. The summed E-state index contributed by atoms with van der Waals surface area (Å²) in [5, 5.41) is 10.4. The fourth-order valence-electron chi connectivity index (χ4n) is 3.94. The molecule has 1 saturated heterocycles. The first kappa shape index (κ1) is 26.5. The number of nitrogens with zero attached hydrogens (tertiary/aromatic N) is 1. The van der Waals surface area contributed by atoms with E-state index in [-0.39, 0.29) is 35.6 Å². The zero-order chi connectivity index (χ0) is 22.1. The molecular formula is C24H33F2IN4O. The molecule has 1 aliphatic heterocycles. The zero-order valence-electron chi connectivity index (χ0n) is 18.7. The predicted octanol–water partition coefficient (Wildman–Crippen LogP) is 4.19. The lowest BCUT2D eigenvalue weighted by atomic mass is 9.88. The van der Waals surface area contributed by atoms with E-state index in [1.54, 1.807) is 7.05 Å². The van der Waals surface area contributed by atoms with E-state index in [4.69, 9.17) is 4.74 Å². The summed E-state index contributed by atoms with van der Waals surface area (Å²) in [5.41, 5.74) is 1.47. The number of hydrogen-bond donors (Lipinski definition) is 3. The second kappa shape index (κ2) is 13.1. The Morgan fingerprint density at radius 1 is 1.09 bits per heavy atom. The lowest BCUT2D eigenvalue weighted by Gasteiger charge is -2.41. The second-order valence-corrected chi connectivity index (χ2v) is 8.01. The molecule has 3 N–H and O–H groups in total. The van der Waals surface area contributed by atoms with Crippen molar-refractivity contribution in [1.82, 2.24) is 16.0 Å². The number of aliphatic imine (C=N–C) groups is 1. The number of benzene rings is 2. The highest BCUT2D eigenvalue weighted by atomic mass is 127. The van der Waals surface area contributed by atoms with Crippen LogP contribution < -0.4 is 16.0 Å².